The van der Waals surface area contributed by atoms with Crippen molar-refractivity contribution in [3.05, 3.63) is 30.1 Å². The van der Waals surface area contributed by atoms with E-state index in [1.54, 1.807) is 0 Å². The molecule has 0 radical (unpaired) electrons. The molecule has 1 fully saturated rings. The number of likely N-dealkylation sites (tertiary alicyclic amines) is 1. The van der Waals surface area contributed by atoms with Gasteiger partial charge in [-0.05, 0) is 18.6 Å². The molecule has 0 spiro atoms. The summed E-state index contributed by atoms with van der Waals surface area (Å²) < 4.78 is 26.5. The second-order valence-electron chi connectivity index (χ2n) is 5.43. The van der Waals surface area contributed by atoms with Crippen molar-refractivity contribution < 1.29 is 23.5 Å². The first-order valence-electron chi connectivity index (χ1n) is 6.92. The maximum Gasteiger partial charge on any atom is 0.262 e. The minimum atomic E-state index is -1.33. The monoisotopic (exact) mass is 297 g/mol. The summed E-state index contributed by atoms with van der Waals surface area (Å²) in [6.45, 7) is 0.0791. The Morgan fingerprint density at radius 1 is 1.38 bits per heavy atom. The fraction of sp³-hybridized carbons (Fsp3) is 0.467. The van der Waals surface area contributed by atoms with E-state index in [9.17, 15) is 23.5 Å². The second kappa shape index (κ2) is 6.30. The third kappa shape index (κ3) is 3.10. The van der Waals surface area contributed by atoms with Crippen LogP contribution in [0, 0.1) is 11.7 Å². The zero-order valence-electron chi connectivity index (χ0n) is 11.5. The van der Waals surface area contributed by atoms with Crippen molar-refractivity contribution in [2.45, 2.75) is 25.4 Å². The molecule has 2 rings (SSSR count). The number of piperidine rings is 1. The van der Waals surface area contributed by atoms with Gasteiger partial charge >= 0.3 is 0 Å². The molecule has 0 bridgehead atoms. The molecule has 1 aliphatic heterocycles. The number of carbonyl (C=O) groups excluding carboxylic acids is 2. The Labute approximate surface area is 121 Å². The molecule has 4 nitrogen and oxygen atoms in total. The van der Waals surface area contributed by atoms with Crippen LogP contribution in [0.4, 0.5) is 19.3 Å². The van der Waals surface area contributed by atoms with E-state index in [0.29, 0.717) is 18.4 Å². The van der Waals surface area contributed by atoms with Crippen LogP contribution in [0.2, 0.25) is 0 Å². The highest BCUT2D eigenvalue weighted by Gasteiger charge is 2.43. The highest BCUT2D eigenvalue weighted by Crippen LogP contribution is 2.34. The van der Waals surface area contributed by atoms with Gasteiger partial charge in [0.1, 0.15) is 24.0 Å². The molecule has 1 aromatic rings. The highest BCUT2D eigenvalue weighted by atomic mass is 19.1. The van der Waals surface area contributed by atoms with E-state index >= 15 is 0 Å². The molecule has 0 N–H and O–H groups in total. The largest absolute Gasteiger partial charge is 0.498 e. The van der Waals surface area contributed by atoms with Gasteiger partial charge in [-0.25, -0.2) is 13.3 Å². The molecule has 3 unspecified atom stereocenters. The lowest BCUT2D eigenvalue weighted by Crippen LogP contribution is -2.66. The fourth-order valence-corrected chi connectivity index (χ4v) is 2.97. The number of rotatable bonds is 4. The maximum absolute atomic E-state index is 14.0. The van der Waals surface area contributed by atoms with Gasteiger partial charge in [-0.3, -0.25) is 0 Å². The molecule has 3 atom stereocenters. The van der Waals surface area contributed by atoms with Crippen molar-refractivity contribution in [1.29, 1.82) is 0 Å². The van der Waals surface area contributed by atoms with E-state index in [-0.39, 0.29) is 25.9 Å². The van der Waals surface area contributed by atoms with Crippen molar-refractivity contribution in [2.24, 2.45) is 5.92 Å². The van der Waals surface area contributed by atoms with E-state index < -0.39 is 28.5 Å². The SMILES string of the molecule is O=CCCC1C[N+](C(=O)[O-])(c2ccc(F)cc2)CCC1F. The average molecular weight is 297 g/mol. The van der Waals surface area contributed by atoms with Crippen LogP contribution in [0.1, 0.15) is 19.3 Å². The molecular formula is C15H17F2NO3. The number of halogens is 2. The van der Waals surface area contributed by atoms with Crippen molar-refractivity contribution >= 4 is 18.1 Å². The van der Waals surface area contributed by atoms with E-state index in [4.69, 9.17) is 0 Å². The van der Waals surface area contributed by atoms with E-state index in [2.05, 4.69) is 0 Å². The molecule has 0 aliphatic carbocycles. The van der Waals surface area contributed by atoms with E-state index in [1.807, 2.05) is 0 Å². The van der Waals surface area contributed by atoms with Gasteiger partial charge in [0, 0.05) is 30.9 Å². The van der Waals surface area contributed by atoms with Crippen LogP contribution in [0.3, 0.4) is 0 Å². The number of carbonyl (C=O) groups is 2. The number of hydrogen-bond donors (Lipinski definition) is 0. The quantitative estimate of drug-likeness (QED) is 0.629. The van der Waals surface area contributed by atoms with Gasteiger partial charge < -0.3 is 14.7 Å². The lowest BCUT2D eigenvalue weighted by atomic mass is 9.89. The van der Waals surface area contributed by atoms with Gasteiger partial charge in [0.25, 0.3) is 6.09 Å². The number of nitrogens with zero attached hydrogens (tertiary/aromatic N) is 1. The first-order valence-corrected chi connectivity index (χ1v) is 6.92. The molecule has 1 heterocycles. The third-order valence-corrected chi connectivity index (χ3v) is 4.17. The predicted molar refractivity (Wildman–Crippen MR) is 71.6 cm³/mol. The Bertz CT molecular complexity index is 520. The first kappa shape index (κ1) is 15.6. The van der Waals surface area contributed by atoms with Crippen LogP contribution < -0.4 is 9.59 Å². The minimum absolute atomic E-state index is 0.0168. The molecule has 0 aromatic heterocycles. The van der Waals surface area contributed by atoms with Crippen molar-refractivity contribution in [3.8, 4) is 0 Å². The summed E-state index contributed by atoms with van der Waals surface area (Å²) in [5.74, 6) is -0.986. The standard InChI is InChI=1S/C15H17F2NO3/c16-12-3-5-13(6-4-12)18(15(20)21)8-7-14(17)11(10-18)2-1-9-19/h3-6,9,11,14H,1-2,7-8,10H2. The highest BCUT2D eigenvalue weighted by molar-refractivity contribution is 5.79. The van der Waals surface area contributed by atoms with Crippen molar-refractivity contribution in [2.75, 3.05) is 13.1 Å². The number of quaternary nitrogens is 1. The molecule has 1 saturated heterocycles. The number of hydrogen-bond acceptors (Lipinski definition) is 3. The van der Waals surface area contributed by atoms with Gasteiger partial charge in [-0.1, -0.05) is 0 Å². The Morgan fingerprint density at radius 2 is 2.05 bits per heavy atom. The van der Waals surface area contributed by atoms with Crippen LogP contribution in [0.5, 0.6) is 0 Å². The van der Waals surface area contributed by atoms with Gasteiger partial charge in [-0.15, -0.1) is 0 Å². The summed E-state index contributed by atoms with van der Waals surface area (Å²) in [5.41, 5.74) is 0.374. The molecular weight excluding hydrogens is 280 g/mol. The Balaban J connectivity index is 2.31. The summed E-state index contributed by atoms with van der Waals surface area (Å²) in [6.07, 6.45) is -1.18. The predicted octanol–water partition coefficient (Wildman–Crippen LogP) is 1.81. The number of amides is 1. The lowest BCUT2D eigenvalue weighted by molar-refractivity contribution is -0.266. The summed E-state index contributed by atoms with van der Waals surface area (Å²) in [4.78, 5) is 22.1. The van der Waals surface area contributed by atoms with Gasteiger partial charge in [0.2, 0.25) is 0 Å². The fourth-order valence-electron chi connectivity index (χ4n) is 2.97. The molecule has 6 heteroatoms. The Morgan fingerprint density at radius 3 is 2.62 bits per heavy atom. The van der Waals surface area contributed by atoms with Crippen LogP contribution in [-0.4, -0.2) is 31.6 Å². The summed E-state index contributed by atoms with van der Waals surface area (Å²) in [6, 6.07) is 5.14. The maximum atomic E-state index is 14.0. The topological polar surface area (TPSA) is 57.2 Å². The van der Waals surface area contributed by atoms with Crippen LogP contribution in [0.25, 0.3) is 0 Å². The zero-order valence-corrected chi connectivity index (χ0v) is 11.5. The van der Waals surface area contributed by atoms with Crippen LogP contribution in [-0.2, 0) is 4.79 Å². The third-order valence-electron chi connectivity index (χ3n) is 4.17. The number of aldehydes is 1. The van der Waals surface area contributed by atoms with E-state index in [1.165, 1.54) is 24.3 Å². The normalized spacial score (nSPS) is 29.0. The molecule has 114 valence electrons. The van der Waals surface area contributed by atoms with Crippen LogP contribution >= 0.6 is 0 Å². The minimum Gasteiger partial charge on any atom is -0.498 e. The molecule has 1 amide bonds. The number of benzene rings is 1. The Kier molecular flexibility index (Phi) is 4.67. The molecule has 0 saturated carbocycles. The smallest absolute Gasteiger partial charge is 0.262 e. The van der Waals surface area contributed by atoms with Gasteiger partial charge in [-0.2, -0.15) is 0 Å². The van der Waals surface area contributed by atoms with Gasteiger partial charge in [0.05, 0.1) is 13.1 Å². The summed E-state index contributed by atoms with van der Waals surface area (Å²) in [5, 5.41) is 11.7. The summed E-state index contributed by atoms with van der Waals surface area (Å²) >= 11 is 0. The average Bonchev–Trinajstić information content (AvgIpc) is 2.47. The van der Waals surface area contributed by atoms with Crippen molar-refractivity contribution in [3.63, 3.8) is 0 Å². The van der Waals surface area contributed by atoms with Crippen molar-refractivity contribution in [1.82, 2.24) is 4.48 Å². The zero-order chi connectivity index (χ0) is 15.5. The van der Waals surface area contributed by atoms with Crippen LogP contribution in [0.15, 0.2) is 24.3 Å². The molecule has 21 heavy (non-hydrogen) atoms. The second-order valence-corrected chi connectivity index (χ2v) is 5.43. The summed E-state index contributed by atoms with van der Waals surface area (Å²) in [7, 11) is 0. The number of alkyl halides is 1. The number of carboxylic acid groups (broad SMARTS) is 1. The van der Waals surface area contributed by atoms with E-state index in [0.717, 1.165) is 0 Å². The Hall–Kier alpha value is -1.82. The molecule has 1 aromatic carbocycles. The lowest BCUT2D eigenvalue weighted by Gasteiger charge is -2.44. The molecule has 1 aliphatic rings. The van der Waals surface area contributed by atoms with Gasteiger partial charge in [0.15, 0.2) is 0 Å². The first-order chi connectivity index (χ1) is 9.99.